The third-order valence-corrected chi connectivity index (χ3v) is 5.26. The van der Waals surface area contributed by atoms with Crippen LogP contribution in [0.4, 0.5) is 0 Å². The molecular weight excluding hydrogens is 326 g/mol. The lowest BCUT2D eigenvalue weighted by Gasteiger charge is -2.21. The number of hydrogen-bond acceptors (Lipinski definition) is 6. The van der Waals surface area contributed by atoms with Crippen molar-refractivity contribution in [2.24, 2.45) is 5.92 Å². The molecule has 3 N–H and O–H groups in total. The van der Waals surface area contributed by atoms with Gasteiger partial charge in [-0.1, -0.05) is 5.16 Å². The molecule has 0 radical (unpaired) electrons. The van der Waals surface area contributed by atoms with Crippen LogP contribution in [0.3, 0.4) is 0 Å². The molecule has 0 aliphatic rings. The SMILES string of the molecule is Cc1noc(C)c1S(=O)(=O)NC(C)C(=O)NC(C)C(C)C(=O)O. The molecular formula is C13H21N3O6S. The van der Waals surface area contributed by atoms with Crippen molar-refractivity contribution in [1.29, 1.82) is 0 Å². The average Bonchev–Trinajstić information content (AvgIpc) is 2.76. The van der Waals surface area contributed by atoms with E-state index in [9.17, 15) is 18.0 Å². The number of nitrogens with zero attached hydrogens (tertiary/aromatic N) is 1. The van der Waals surface area contributed by atoms with E-state index >= 15 is 0 Å². The largest absolute Gasteiger partial charge is 0.481 e. The van der Waals surface area contributed by atoms with Crippen LogP contribution in [0.5, 0.6) is 0 Å². The zero-order valence-electron chi connectivity index (χ0n) is 13.6. The number of carboxylic acids is 1. The molecule has 130 valence electrons. The maximum absolute atomic E-state index is 12.3. The highest BCUT2D eigenvalue weighted by Gasteiger charge is 2.29. The van der Waals surface area contributed by atoms with E-state index in [1.165, 1.54) is 34.6 Å². The van der Waals surface area contributed by atoms with Crippen molar-refractivity contribution in [2.75, 3.05) is 0 Å². The summed E-state index contributed by atoms with van der Waals surface area (Å²) in [6.45, 7) is 7.28. The van der Waals surface area contributed by atoms with E-state index in [1.807, 2.05) is 0 Å². The molecule has 1 amide bonds. The Labute approximate surface area is 134 Å². The van der Waals surface area contributed by atoms with Gasteiger partial charge in [-0.05, 0) is 34.6 Å². The van der Waals surface area contributed by atoms with Gasteiger partial charge in [-0.3, -0.25) is 9.59 Å². The molecule has 0 saturated carbocycles. The number of sulfonamides is 1. The highest BCUT2D eigenvalue weighted by atomic mass is 32.2. The quantitative estimate of drug-likeness (QED) is 0.639. The second-order valence-electron chi connectivity index (χ2n) is 5.42. The first-order valence-electron chi connectivity index (χ1n) is 6.95. The van der Waals surface area contributed by atoms with Gasteiger partial charge in [0.1, 0.15) is 10.6 Å². The van der Waals surface area contributed by atoms with E-state index in [4.69, 9.17) is 9.63 Å². The van der Waals surface area contributed by atoms with Crippen molar-refractivity contribution in [3.63, 3.8) is 0 Å². The van der Waals surface area contributed by atoms with Gasteiger partial charge in [0.25, 0.3) is 0 Å². The molecule has 3 atom stereocenters. The molecule has 0 spiro atoms. The van der Waals surface area contributed by atoms with E-state index < -0.39 is 39.9 Å². The minimum atomic E-state index is -3.98. The molecule has 0 aromatic carbocycles. The summed E-state index contributed by atoms with van der Waals surface area (Å²) in [5.74, 6) is -2.36. The average molecular weight is 347 g/mol. The van der Waals surface area contributed by atoms with Gasteiger partial charge in [-0.25, -0.2) is 8.42 Å². The van der Waals surface area contributed by atoms with Crippen molar-refractivity contribution in [3.8, 4) is 0 Å². The molecule has 0 bridgehead atoms. The van der Waals surface area contributed by atoms with Crippen LogP contribution < -0.4 is 10.0 Å². The number of nitrogens with one attached hydrogen (secondary N) is 2. The Morgan fingerprint density at radius 1 is 1.22 bits per heavy atom. The van der Waals surface area contributed by atoms with Crippen molar-refractivity contribution < 1.29 is 27.6 Å². The first kappa shape index (κ1) is 19.1. The van der Waals surface area contributed by atoms with Crippen molar-refractivity contribution >= 4 is 21.9 Å². The van der Waals surface area contributed by atoms with E-state index in [0.717, 1.165) is 0 Å². The zero-order valence-corrected chi connectivity index (χ0v) is 14.4. The van der Waals surface area contributed by atoms with Crippen LogP contribution in [0.1, 0.15) is 32.2 Å². The summed E-state index contributed by atoms with van der Waals surface area (Å²) >= 11 is 0. The molecule has 1 aromatic heterocycles. The summed E-state index contributed by atoms with van der Waals surface area (Å²) in [7, 11) is -3.98. The summed E-state index contributed by atoms with van der Waals surface area (Å²) in [5.41, 5.74) is 0.190. The molecule has 1 heterocycles. The number of carbonyl (C=O) groups excluding carboxylic acids is 1. The number of hydrogen-bond donors (Lipinski definition) is 3. The smallest absolute Gasteiger partial charge is 0.308 e. The fourth-order valence-electron chi connectivity index (χ4n) is 1.89. The minimum absolute atomic E-state index is 0.107. The summed E-state index contributed by atoms with van der Waals surface area (Å²) in [5, 5.41) is 14.9. The zero-order chi connectivity index (χ0) is 17.9. The summed E-state index contributed by atoms with van der Waals surface area (Å²) in [4.78, 5) is 22.8. The van der Waals surface area contributed by atoms with Gasteiger partial charge in [0.15, 0.2) is 5.76 Å². The summed E-state index contributed by atoms with van der Waals surface area (Å²) in [6.07, 6.45) is 0. The monoisotopic (exact) mass is 347 g/mol. The van der Waals surface area contributed by atoms with Crippen LogP contribution in [0.15, 0.2) is 9.42 Å². The van der Waals surface area contributed by atoms with Gasteiger partial charge in [-0.2, -0.15) is 4.72 Å². The molecule has 0 fully saturated rings. The topological polar surface area (TPSA) is 139 Å². The molecule has 23 heavy (non-hydrogen) atoms. The maximum atomic E-state index is 12.3. The van der Waals surface area contributed by atoms with Crippen LogP contribution >= 0.6 is 0 Å². The van der Waals surface area contributed by atoms with Gasteiger partial charge in [-0.15, -0.1) is 0 Å². The van der Waals surface area contributed by atoms with E-state index in [1.54, 1.807) is 0 Å². The Balaban J connectivity index is 2.81. The van der Waals surface area contributed by atoms with E-state index in [0.29, 0.717) is 0 Å². The predicted molar refractivity (Wildman–Crippen MR) is 80.2 cm³/mol. The van der Waals surface area contributed by atoms with Gasteiger partial charge < -0.3 is 14.9 Å². The second-order valence-corrected chi connectivity index (χ2v) is 7.07. The Kier molecular flexibility index (Phi) is 5.89. The standard InChI is InChI=1S/C13H21N3O6S/c1-6(13(18)19)7(2)14-12(17)9(4)16-23(20,21)11-8(3)15-22-10(11)5/h6-7,9,16H,1-5H3,(H,14,17)(H,18,19). The van der Waals surface area contributed by atoms with Crippen LogP contribution in [0.25, 0.3) is 0 Å². The van der Waals surface area contributed by atoms with Gasteiger partial charge in [0.05, 0.1) is 12.0 Å². The molecule has 1 aromatic rings. The van der Waals surface area contributed by atoms with Crippen LogP contribution in [0, 0.1) is 19.8 Å². The number of carbonyl (C=O) groups is 2. The lowest BCUT2D eigenvalue weighted by atomic mass is 10.0. The summed E-state index contributed by atoms with van der Waals surface area (Å²) < 4.78 is 31.6. The third-order valence-electron chi connectivity index (χ3n) is 3.47. The normalized spacial score (nSPS) is 15.7. The number of aryl methyl sites for hydroxylation is 2. The minimum Gasteiger partial charge on any atom is -0.481 e. The lowest BCUT2D eigenvalue weighted by molar-refractivity contribution is -0.142. The Morgan fingerprint density at radius 2 is 1.78 bits per heavy atom. The second kappa shape index (κ2) is 7.09. The van der Waals surface area contributed by atoms with Crippen LogP contribution in [-0.2, 0) is 19.6 Å². The van der Waals surface area contributed by atoms with E-state index in [-0.39, 0.29) is 16.3 Å². The molecule has 0 saturated heterocycles. The van der Waals surface area contributed by atoms with Crippen molar-refractivity contribution in [3.05, 3.63) is 11.5 Å². The highest BCUT2D eigenvalue weighted by Crippen LogP contribution is 2.18. The molecule has 3 unspecified atom stereocenters. The maximum Gasteiger partial charge on any atom is 0.308 e. The molecule has 9 nitrogen and oxygen atoms in total. The Morgan fingerprint density at radius 3 is 2.22 bits per heavy atom. The molecule has 1 rings (SSSR count). The molecule has 0 aliphatic carbocycles. The van der Waals surface area contributed by atoms with Gasteiger partial charge in [0.2, 0.25) is 15.9 Å². The third kappa shape index (κ3) is 4.52. The molecule has 10 heteroatoms. The summed E-state index contributed by atoms with van der Waals surface area (Å²) in [6, 6.07) is -1.73. The van der Waals surface area contributed by atoms with Crippen LogP contribution in [-0.4, -0.2) is 42.6 Å². The fourth-order valence-corrected chi connectivity index (χ4v) is 3.42. The Bertz CT molecular complexity index is 677. The Hall–Kier alpha value is -1.94. The van der Waals surface area contributed by atoms with Crippen LogP contribution in [0.2, 0.25) is 0 Å². The highest BCUT2D eigenvalue weighted by molar-refractivity contribution is 7.89. The molecule has 0 aliphatic heterocycles. The van der Waals surface area contributed by atoms with E-state index in [2.05, 4.69) is 15.2 Å². The van der Waals surface area contributed by atoms with Crippen molar-refractivity contribution in [2.45, 2.75) is 51.6 Å². The number of rotatable bonds is 7. The first-order valence-corrected chi connectivity index (χ1v) is 8.44. The van der Waals surface area contributed by atoms with Crippen molar-refractivity contribution in [1.82, 2.24) is 15.2 Å². The number of aliphatic carboxylic acids is 1. The van der Waals surface area contributed by atoms with Gasteiger partial charge in [0, 0.05) is 6.04 Å². The lowest BCUT2D eigenvalue weighted by Crippen LogP contribution is -2.49. The number of aromatic nitrogens is 1. The number of carboxylic acid groups (broad SMARTS) is 1. The number of amides is 1. The first-order chi connectivity index (χ1) is 10.5. The fraction of sp³-hybridized carbons (Fsp3) is 0.615. The van der Waals surface area contributed by atoms with Gasteiger partial charge >= 0.3 is 5.97 Å². The predicted octanol–water partition coefficient (Wildman–Crippen LogP) is 0.184.